The maximum atomic E-state index is 13.0. The Hall–Kier alpha value is -3.51. The predicted molar refractivity (Wildman–Crippen MR) is 133 cm³/mol. The molecule has 2 N–H and O–H groups in total. The van der Waals surface area contributed by atoms with Crippen molar-refractivity contribution in [3.63, 3.8) is 0 Å². The van der Waals surface area contributed by atoms with Gasteiger partial charge in [-0.25, -0.2) is 0 Å². The third kappa shape index (κ3) is 6.99. The first kappa shape index (κ1) is 25.1. The summed E-state index contributed by atoms with van der Waals surface area (Å²) in [5, 5.41) is 4.87. The highest BCUT2D eigenvalue weighted by Gasteiger charge is 2.25. The first-order valence-corrected chi connectivity index (χ1v) is 11.5. The molecule has 34 heavy (non-hydrogen) atoms. The standard InChI is InChI=1S/C27H29ClN2O4/c1-33-23-14-13-20(18-24(23)34-2)15-16-29-26(31)22(17-19-9-5-3-6-10-19)30-27(32)25(28)21-11-7-4-8-12-21/h3-14,18,22,25H,15-17H2,1-2H3,(H,29,31)(H,30,32). The van der Waals surface area contributed by atoms with E-state index in [1.54, 1.807) is 26.4 Å². The highest BCUT2D eigenvalue weighted by molar-refractivity contribution is 6.30. The summed E-state index contributed by atoms with van der Waals surface area (Å²) in [4.78, 5) is 25.9. The highest BCUT2D eigenvalue weighted by Crippen LogP contribution is 2.27. The van der Waals surface area contributed by atoms with Gasteiger partial charge in [0.2, 0.25) is 11.8 Å². The normalized spacial score (nSPS) is 12.3. The third-order valence-corrected chi connectivity index (χ3v) is 5.85. The number of carbonyl (C=O) groups is 2. The Morgan fingerprint density at radius 1 is 0.824 bits per heavy atom. The van der Waals surface area contributed by atoms with E-state index in [0.29, 0.717) is 36.4 Å². The van der Waals surface area contributed by atoms with E-state index in [0.717, 1.165) is 11.1 Å². The van der Waals surface area contributed by atoms with Crippen molar-refractivity contribution in [3.8, 4) is 11.5 Å². The molecule has 0 radical (unpaired) electrons. The van der Waals surface area contributed by atoms with Crippen LogP contribution in [-0.4, -0.2) is 38.6 Å². The quantitative estimate of drug-likeness (QED) is 0.406. The fraction of sp³-hybridized carbons (Fsp3) is 0.259. The van der Waals surface area contributed by atoms with E-state index in [-0.39, 0.29) is 5.91 Å². The Bertz CT molecular complexity index is 1080. The number of methoxy groups -OCH3 is 2. The van der Waals surface area contributed by atoms with E-state index in [9.17, 15) is 9.59 Å². The highest BCUT2D eigenvalue weighted by atomic mass is 35.5. The van der Waals surface area contributed by atoms with Crippen molar-refractivity contribution in [1.29, 1.82) is 0 Å². The molecule has 0 aromatic heterocycles. The van der Waals surface area contributed by atoms with Gasteiger partial charge in [-0.2, -0.15) is 0 Å². The van der Waals surface area contributed by atoms with Crippen LogP contribution in [0.15, 0.2) is 78.9 Å². The van der Waals surface area contributed by atoms with Crippen LogP contribution in [0.3, 0.4) is 0 Å². The first-order valence-electron chi connectivity index (χ1n) is 11.0. The molecule has 0 aliphatic rings. The number of amides is 2. The van der Waals surface area contributed by atoms with E-state index in [1.807, 2.05) is 66.7 Å². The van der Waals surface area contributed by atoms with Gasteiger partial charge >= 0.3 is 0 Å². The van der Waals surface area contributed by atoms with Crippen molar-refractivity contribution in [2.45, 2.75) is 24.3 Å². The monoisotopic (exact) mass is 480 g/mol. The Labute approximate surface area is 205 Å². The van der Waals surface area contributed by atoms with Crippen molar-refractivity contribution < 1.29 is 19.1 Å². The first-order chi connectivity index (χ1) is 16.5. The SMILES string of the molecule is COc1ccc(CCNC(=O)C(Cc2ccccc2)NC(=O)C(Cl)c2ccccc2)cc1OC. The van der Waals surface area contributed by atoms with Crippen molar-refractivity contribution in [1.82, 2.24) is 10.6 Å². The van der Waals surface area contributed by atoms with Gasteiger partial charge in [-0.1, -0.05) is 66.7 Å². The maximum Gasteiger partial charge on any atom is 0.243 e. The minimum atomic E-state index is -0.890. The Morgan fingerprint density at radius 2 is 1.47 bits per heavy atom. The number of hydrogen-bond acceptors (Lipinski definition) is 4. The molecule has 0 saturated carbocycles. The summed E-state index contributed by atoms with van der Waals surface area (Å²) in [5.74, 6) is 0.600. The van der Waals surface area contributed by atoms with Gasteiger partial charge in [-0.3, -0.25) is 9.59 Å². The van der Waals surface area contributed by atoms with Gasteiger partial charge < -0.3 is 20.1 Å². The van der Waals surface area contributed by atoms with Crippen LogP contribution >= 0.6 is 11.6 Å². The molecule has 0 aliphatic carbocycles. The van der Waals surface area contributed by atoms with Crippen molar-refractivity contribution >= 4 is 23.4 Å². The summed E-state index contributed by atoms with van der Waals surface area (Å²) in [7, 11) is 3.17. The van der Waals surface area contributed by atoms with Gasteiger partial charge in [0.15, 0.2) is 11.5 Å². The number of carbonyl (C=O) groups excluding carboxylic acids is 2. The summed E-state index contributed by atoms with van der Waals surface area (Å²) < 4.78 is 10.6. The smallest absolute Gasteiger partial charge is 0.243 e. The van der Waals surface area contributed by atoms with E-state index >= 15 is 0 Å². The van der Waals surface area contributed by atoms with Crippen LogP contribution in [0.1, 0.15) is 22.1 Å². The largest absolute Gasteiger partial charge is 0.493 e. The lowest BCUT2D eigenvalue weighted by molar-refractivity contribution is -0.128. The zero-order chi connectivity index (χ0) is 24.3. The number of benzene rings is 3. The third-order valence-electron chi connectivity index (χ3n) is 5.40. The Morgan fingerprint density at radius 3 is 2.12 bits per heavy atom. The molecule has 178 valence electrons. The molecule has 3 rings (SSSR count). The van der Waals surface area contributed by atoms with Gasteiger partial charge in [-0.05, 0) is 35.2 Å². The molecule has 2 amide bonds. The lowest BCUT2D eigenvalue weighted by atomic mass is 10.0. The zero-order valence-corrected chi connectivity index (χ0v) is 20.0. The zero-order valence-electron chi connectivity index (χ0n) is 19.3. The summed E-state index contributed by atoms with van der Waals surface area (Å²) >= 11 is 6.38. The van der Waals surface area contributed by atoms with Gasteiger partial charge in [0.1, 0.15) is 11.4 Å². The molecular weight excluding hydrogens is 452 g/mol. The second kappa shape index (κ2) is 12.7. The maximum absolute atomic E-state index is 13.0. The molecule has 6 nitrogen and oxygen atoms in total. The summed E-state index contributed by atoms with van der Waals surface area (Å²) in [6, 6.07) is 23.5. The summed E-state index contributed by atoms with van der Waals surface area (Å²) in [6.07, 6.45) is 0.952. The lowest BCUT2D eigenvalue weighted by Gasteiger charge is -2.20. The molecular formula is C27H29ClN2O4. The molecule has 2 atom stereocenters. The van der Waals surface area contributed by atoms with Gasteiger partial charge in [0.05, 0.1) is 14.2 Å². The van der Waals surface area contributed by atoms with E-state index in [4.69, 9.17) is 21.1 Å². The average Bonchev–Trinajstić information content (AvgIpc) is 2.88. The van der Waals surface area contributed by atoms with E-state index in [1.165, 1.54) is 0 Å². The van der Waals surface area contributed by atoms with Crippen LogP contribution in [0.25, 0.3) is 0 Å². The number of alkyl halides is 1. The van der Waals surface area contributed by atoms with Crippen molar-refractivity contribution in [3.05, 3.63) is 95.6 Å². The molecule has 0 aliphatic heterocycles. The van der Waals surface area contributed by atoms with E-state index < -0.39 is 17.3 Å². The van der Waals surface area contributed by atoms with Crippen LogP contribution in [0.5, 0.6) is 11.5 Å². The topological polar surface area (TPSA) is 76.7 Å². The Kier molecular flexibility index (Phi) is 9.35. The fourth-order valence-electron chi connectivity index (χ4n) is 3.57. The van der Waals surface area contributed by atoms with Crippen LogP contribution in [0, 0.1) is 0 Å². The number of ether oxygens (including phenoxy) is 2. The molecule has 7 heteroatoms. The number of halogens is 1. The predicted octanol–water partition coefficient (Wildman–Crippen LogP) is 4.07. The number of nitrogens with one attached hydrogen (secondary N) is 2. The van der Waals surface area contributed by atoms with Gasteiger partial charge in [0.25, 0.3) is 0 Å². The number of hydrogen-bond donors (Lipinski definition) is 2. The molecule has 0 spiro atoms. The molecule has 0 heterocycles. The van der Waals surface area contributed by atoms with Crippen LogP contribution < -0.4 is 20.1 Å². The average molecular weight is 481 g/mol. The Balaban J connectivity index is 1.65. The van der Waals surface area contributed by atoms with Gasteiger partial charge in [-0.15, -0.1) is 11.6 Å². The molecule has 2 unspecified atom stereocenters. The van der Waals surface area contributed by atoms with Crippen molar-refractivity contribution in [2.75, 3.05) is 20.8 Å². The van der Waals surface area contributed by atoms with Gasteiger partial charge in [0, 0.05) is 13.0 Å². The van der Waals surface area contributed by atoms with Crippen LogP contribution in [0.4, 0.5) is 0 Å². The summed E-state index contributed by atoms with van der Waals surface area (Å²) in [6.45, 7) is 0.401. The molecule has 3 aromatic rings. The molecule has 3 aromatic carbocycles. The second-order valence-electron chi connectivity index (χ2n) is 7.75. The summed E-state index contributed by atoms with van der Waals surface area (Å²) in [5.41, 5.74) is 2.61. The number of rotatable bonds is 11. The minimum absolute atomic E-state index is 0.269. The molecule has 0 saturated heterocycles. The van der Waals surface area contributed by atoms with Crippen molar-refractivity contribution in [2.24, 2.45) is 0 Å². The fourth-order valence-corrected chi connectivity index (χ4v) is 3.78. The van der Waals surface area contributed by atoms with Crippen LogP contribution in [0.2, 0.25) is 0 Å². The second-order valence-corrected chi connectivity index (χ2v) is 8.19. The minimum Gasteiger partial charge on any atom is -0.493 e. The lowest BCUT2D eigenvalue weighted by Crippen LogP contribution is -2.49. The molecule has 0 bridgehead atoms. The van der Waals surface area contributed by atoms with Crippen LogP contribution in [-0.2, 0) is 22.4 Å². The molecule has 0 fully saturated rings. The van der Waals surface area contributed by atoms with E-state index in [2.05, 4.69) is 10.6 Å².